The van der Waals surface area contributed by atoms with Gasteiger partial charge in [0.1, 0.15) is 0 Å². The van der Waals surface area contributed by atoms with Crippen molar-refractivity contribution in [3.63, 3.8) is 0 Å². The summed E-state index contributed by atoms with van der Waals surface area (Å²) in [4.78, 5) is 21.4. The molecule has 3 atom stereocenters. The van der Waals surface area contributed by atoms with E-state index in [4.69, 9.17) is 0 Å². The molecule has 0 amide bonds. The van der Waals surface area contributed by atoms with Gasteiger partial charge in [0.2, 0.25) is 0 Å². The van der Waals surface area contributed by atoms with Crippen molar-refractivity contribution in [1.82, 2.24) is 19.9 Å². The molecule has 0 bridgehead atoms. The Morgan fingerprint density at radius 3 is 2.83 bits per heavy atom. The maximum Gasteiger partial charge on any atom is 0.279 e. The van der Waals surface area contributed by atoms with Crippen molar-refractivity contribution in [2.45, 2.75) is 44.1 Å². The number of fused-ring (bicyclic) bond motifs is 1. The fourth-order valence-corrected chi connectivity index (χ4v) is 3.75. The highest BCUT2D eigenvalue weighted by atomic mass is 19.2. The number of aliphatic hydroxyl groups excluding tert-OH is 2. The first-order valence-electron chi connectivity index (χ1n) is 9.83. The van der Waals surface area contributed by atoms with Crippen LogP contribution in [0.5, 0.6) is 0 Å². The van der Waals surface area contributed by atoms with Crippen molar-refractivity contribution in [3.05, 3.63) is 58.6 Å². The molecular formula is C21H22F2N4O3. The third-order valence-corrected chi connectivity index (χ3v) is 5.37. The molecule has 0 unspecified atom stereocenters. The van der Waals surface area contributed by atoms with Crippen molar-refractivity contribution in [1.29, 1.82) is 0 Å². The first-order chi connectivity index (χ1) is 14.4. The standard InChI is InChI=1S/C21H22F2N4O3/c22-14-4-3-12(8-15(14)23)16-5-6-17-20(26-16)21(30)27(11-25-17)10-13(28)9-18-19(29)2-1-7-24-18/h3-6,8,11,13,18-19,24,28-29H,1-2,7,9-10H2/t13-,18+,19-/m0/s1. The first kappa shape index (κ1) is 20.5. The molecule has 158 valence electrons. The number of halogens is 2. The van der Waals surface area contributed by atoms with E-state index in [1.165, 1.54) is 17.0 Å². The molecule has 3 N–H and O–H groups in total. The van der Waals surface area contributed by atoms with Gasteiger partial charge in [-0.2, -0.15) is 0 Å². The molecule has 1 aliphatic heterocycles. The van der Waals surface area contributed by atoms with Gasteiger partial charge >= 0.3 is 0 Å². The molecule has 2 aromatic heterocycles. The Hall–Kier alpha value is -2.75. The van der Waals surface area contributed by atoms with Crippen LogP contribution in [-0.2, 0) is 6.54 Å². The summed E-state index contributed by atoms with van der Waals surface area (Å²) in [6.07, 6.45) is 1.82. The molecule has 9 heteroatoms. The molecule has 3 heterocycles. The largest absolute Gasteiger partial charge is 0.392 e. The molecule has 7 nitrogen and oxygen atoms in total. The van der Waals surface area contributed by atoms with Crippen molar-refractivity contribution in [2.24, 2.45) is 0 Å². The van der Waals surface area contributed by atoms with Crippen molar-refractivity contribution in [3.8, 4) is 11.3 Å². The van der Waals surface area contributed by atoms with E-state index >= 15 is 0 Å². The van der Waals surface area contributed by atoms with Gasteiger partial charge < -0.3 is 15.5 Å². The van der Waals surface area contributed by atoms with E-state index in [2.05, 4.69) is 15.3 Å². The van der Waals surface area contributed by atoms with Crippen LogP contribution >= 0.6 is 0 Å². The molecule has 1 saturated heterocycles. The Labute approximate surface area is 171 Å². The molecular weight excluding hydrogens is 394 g/mol. The molecule has 3 aromatic rings. The van der Waals surface area contributed by atoms with Crippen molar-refractivity contribution in [2.75, 3.05) is 6.54 Å². The highest BCUT2D eigenvalue weighted by molar-refractivity contribution is 5.76. The van der Waals surface area contributed by atoms with E-state index in [-0.39, 0.29) is 18.1 Å². The lowest BCUT2D eigenvalue weighted by molar-refractivity contribution is 0.0539. The lowest BCUT2D eigenvalue weighted by Gasteiger charge is -2.30. The van der Waals surface area contributed by atoms with E-state index < -0.39 is 29.4 Å². The number of rotatable bonds is 5. The normalized spacial score (nSPS) is 20.4. The van der Waals surface area contributed by atoms with E-state index in [0.29, 0.717) is 29.6 Å². The SMILES string of the molecule is O=c1c2nc(-c3ccc(F)c(F)c3)ccc2ncn1C[C@@H](O)C[C@H]1NCCC[C@@H]1O. The number of aliphatic hydroxyl groups is 2. The summed E-state index contributed by atoms with van der Waals surface area (Å²) in [6, 6.07) is 6.34. The summed E-state index contributed by atoms with van der Waals surface area (Å²) >= 11 is 0. The zero-order valence-corrected chi connectivity index (χ0v) is 16.1. The Kier molecular flexibility index (Phi) is 5.85. The maximum absolute atomic E-state index is 13.6. The molecule has 1 aliphatic rings. The van der Waals surface area contributed by atoms with Crippen LogP contribution in [0.1, 0.15) is 19.3 Å². The van der Waals surface area contributed by atoms with Crippen molar-refractivity contribution < 1.29 is 19.0 Å². The molecule has 1 fully saturated rings. The summed E-state index contributed by atoms with van der Waals surface area (Å²) in [7, 11) is 0. The van der Waals surface area contributed by atoms with Crippen LogP contribution in [0.25, 0.3) is 22.3 Å². The number of aromatic nitrogens is 3. The quantitative estimate of drug-likeness (QED) is 0.584. The summed E-state index contributed by atoms with van der Waals surface area (Å²) in [5.41, 5.74) is 0.640. The summed E-state index contributed by atoms with van der Waals surface area (Å²) in [5.74, 6) is -1.96. The van der Waals surface area contributed by atoms with Crippen LogP contribution < -0.4 is 10.9 Å². The minimum absolute atomic E-state index is 0.00373. The van der Waals surface area contributed by atoms with E-state index in [1.807, 2.05) is 0 Å². The number of nitrogens with one attached hydrogen (secondary N) is 1. The summed E-state index contributed by atoms with van der Waals surface area (Å²) < 4.78 is 28.0. The molecule has 4 rings (SSSR count). The number of pyridine rings is 1. The van der Waals surface area contributed by atoms with Gasteiger partial charge in [-0.3, -0.25) is 9.36 Å². The monoisotopic (exact) mass is 416 g/mol. The first-order valence-corrected chi connectivity index (χ1v) is 9.83. The fraction of sp³-hybridized carbons (Fsp3) is 0.381. The van der Waals surface area contributed by atoms with Gasteiger partial charge in [-0.15, -0.1) is 0 Å². The maximum atomic E-state index is 13.6. The third kappa shape index (κ3) is 4.23. The van der Waals surface area contributed by atoms with Gasteiger partial charge in [0.15, 0.2) is 17.2 Å². The lowest BCUT2D eigenvalue weighted by atomic mass is 9.96. The molecule has 0 spiro atoms. The van der Waals surface area contributed by atoms with Crippen LogP contribution in [0.4, 0.5) is 8.78 Å². The van der Waals surface area contributed by atoms with Crippen LogP contribution in [-0.4, -0.2) is 49.5 Å². The van der Waals surface area contributed by atoms with Gasteiger partial charge in [-0.1, -0.05) is 0 Å². The zero-order valence-electron chi connectivity index (χ0n) is 16.1. The number of benzene rings is 1. The Balaban J connectivity index is 1.59. The fourth-order valence-electron chi connectivity index (χ4n) is 3.75. The van der Waals surface area contributed by atoms with E-state index in [1.54, 1.807) is 12.1 Å². The molecule has 0 aliphatic carbocycles. The zero-order chi connectivity index (χ0) is 21.3. The predicted molar refractivity (Wildman–Crippen MR) is 107 cm³/mol. The predicted octanol–water partition coefficient (Wildman–Crippen LogP) is 1.60. The second-order valence-electron chi connectivity index (χ2n) is 7.55. The lowest BCUT2D eigenvalue weighted by Crippen LogP contribution is -2.47. The van der Waals surface area contributed by atoms with Gasteiger partial charge in [-0.05, 0) is 56.1 Å². The van der Waals surface area contributed by atoms with Gasteiger partial charge in [-0.25, -0.2) is 18.7 Å². The smallest absolute Gasteiger partial charge is 0.279 e. The van der Waals surface area contributed by atoms with Crippen LogP contribution in [0.3, 0.4) is 0 Å². The number of hydrogen-bond donors (Lipinski definition) is 3. The number of nitrogens with zero attached hydrogens (tertiary/aromatic N) is 3. The van der Waals surface area contributed by atoms with Crippen LogP contribution in [0.15, 0.2) is 41.5 Å². The summed E-state index contributed by atoms with van der Waals surface area (Å²) in [5, 5.41) is 23.6. The minimum Gasteiger partial charge on any atom is -0.392 e. The van der Waals surface area contributed by atoms with E-state index in [0.717, 1.165) is 25.1 Å². The topological polar surface area (TPSA) is 100 Å². The highest BCUT2D eigenvalue weighted by Gasteiger charge is 2.25. The average molecular weight is 416 g/mol. The molecule has 0 radical (unpaired) electrons. The number of piperidine rings is 1. The molecule has 0 saturated carbocycles. The third-order valence-electron chi connectivity index (χ3n) is 5.37. The van der Waals surface area contributed by atoms with E-state index in [9.17, 15) is 23.8 Å². The second kappa shape index (κ2) is 8.55. The van der Waals surface area contributed by atoms with Crippen LogP contribution in [0, 0.1) is 11.6 Å². The van der Waals surface area contributed by atoms with Gasteiger partial charge in [0, 0.05) is 11.6 Å². The molecule has 1 aromatic carbocycles. The van der Waals surface area contributed by atoms with Crippen molar-refractivity contribution >= 4 is 11.0 Å². The highest BCUT2D eigenvalue weighted by Crippen LogP contribution is 2.21. The van der Waals surface area contributed by atoms with Gasteiger partial charge in [0.05, 0.1) is 36.3 Å². The second-order valence-corrected chi connectivity index (χ2v) is 7.55. The minimum atomic E-state index is -1.00. The Morgan fingerprint density at radius 2 is 2.07 bits per heavy atom. The molecule has 30 heavy (non-hydrogen) atoms. The number of hydrogen-bond acceptors (Lipinski definition) is 6. The Morgan fingerprint density at radius 1 is 1.23 bits per heavy atom. The van der Waals surface area contributed by atoms with Crippen LogP contribution in [0.2, 0.25) is 0 Å². The average Bonchev–Trinajstić information content (AvgIpc) is 2.74. The Bertz CT molecular complexity index is 1120. The van der Waals surface area contributed by atoms with Gasteiger partial charge in [0.25, 0.3) is 5.56 Å². The summed E-state index contributed by atoms with van der Waals surface area (Å²) in [6.45, 7) is 0.784.